The number of thiophene rings is 1. The molecular formula is C30H28ClF5N5O3S2+. The molecule has 1 aromatic carbocycles. The van der Waals surface area contributed by atoms with Gasteiger partial charge in [-0.3, -0.25) is 4.98 Å². The minimum atomic E-state index is -4.67. The third-order valence-corrected chi connectivity index (χ3v) is 11.7. The average molecular weight is 701 g/mol. The standard InChI is InChI=1S/C30H27ClF5N5O3S2/c1-18-15-29(32,33)17-41(18,46(43,44)27-11-10-25(31)45-27)28(42)38-16-20-13-24(21-6-8-22(9-7-21)30(34,35)36)40-26(14-20)39-19(2)23-5-3-4-12-37-23/h3-14,18-19H,15-17H2,1-2H3,(H-,38,39,40,42)/p+1/t18-,19?,41?/m1/s1. The normalized spacial score (nSPS) is 20.3. The van der Waals surface area contributed by atoms with Gasteiger partial charge in [0.15, 0.2) is 10.8 Å². The van der Waals surface area contributed by atoms with E-state index in [0.717, 1.165) is 12.1 Å². The number of pyridine rings is 2. The van der Waals surface area contributed by atoms with Gasteiger partial charge in [-0.25, -0.2) is 18.6 Å². The molecule has 2 unspecified atom stereocenters. The lowest BCUT2D eigenvalue weighted by Gasteiger charge is -2.32. The van der Waals surface area contributed by atoms with Crippen LogP contribution in [0, 0.1) is 0 Å². The highest BCUT2D eigenvalue weighted by molar-refractivity contribution is 7.88. The van der Waals surface area contributed by atoms with E-state index in [1.54, 1.807) is 30.5 Å². The Labute approximate surface area is 270 Å². The van der Waals surface area contributed by atoms with Crippen LogP contribution in [0.2, 0.25) is 4.34 Å². The third-order valence-electron chi connectivity index (χ3n) is 7.68. The van der Waals surface area contributed by atoms with Gasteiger partial charge in [-0.1, -0.05) is 29.8 Å². The van der Waals surface area contributed by atoms with Gasteiger partial charge in [-0.05, 0) is 67.9 Å². The Morgan fingerprint density at radius 2 is 1.85 bits per heavy atom. The highest BCUT2D eigenvalue weighted by atomic mass is 35.5. The van der Waals surface area contributed by atoms with Crippen LogP contribution in [0.25, 0.3) is 11.3 Å². The number of aromatic nitrogens is 2. The molecule has 1 saturated heterocycles. The second-order valence-corrected chi connectivity index (χ2v) is 15.0. The third kappa shape index (κ3) is 6.73. The quantitative estimate of drug-likeness (QED) is 0.143. The van der Waals surface area contributed by atoms with E-state index < -0.39 is 56.6 Å². The number of nitrogens with zero attached hydrogens (tertiary/aromatic N) is 3. The highest BCUT2D eigenvalue weighted by Gasteiger charge is 2.66. The number of hydrogen-bond donors (Lipinski definition) is 2. The largest absolute Gasteiger partial charge is 0.432 e. The molecule has 0 saturated carbocycles. The van der Waals surface area contributed by atoms with Crippen molar-refractivity contribution in [1.82, 2.24) is 15.3 Å². The van der Waals surface area contributed by atoms with E-state index in [4.69, 9.17) is 11.6 Å². The van der Waals surface area contributed by atoms with Crippen molar-refractivity contribution in [2.45, 2.75) is 55.2 Å². The molecule has 2 amide bonds. The Morgan fingerprint density at radius 1 is 1.13 bits per heavy atom. The van der Waals surface area contributed by atoms with Crippen LogP contribution in [0.5, 0.6) is 0 Å². The molecule has 0 spiro atoms. The van der Waals surface area contributed by atoms with E-state index in [0.29, 0.717) is 28.2 Å². The summed E-state index contributed by atoms with van der Waals surface area (Å²) in [7, 11) is -4.67. The zero-order valence-corrected chi connectivity index (χ0v) is 26.7. The van der Waals surface area contributed by atoms with Gasteiger partial charge in [0.1, 0.15) is 11.9 Å². The molecule has 0 aliphatic carbocycles. The first-order chi connectivity index (χ1) is 21.5. The maximum Gasteiger partial charge on any atom is 0.432 e. The maximum absolute atomic E-state index is 14.7. The fourth-order valence-corrected chi connectivity index (χ4v) is 9.18. The fourth-order valence-electron chi connectivity index (χ4n) is 5.42. The number of urea groups is 1. The summed E-state index contributed by atoms with van der Waals surface area (Å²) in [5.41, 5.74) is 0.793. The Hall–Kier alpha value is -3.66. The molecule has 16 heteroatoms. The van der Waals surface area contributed by atoms with Crippen LogP contribution in [-0.4, -0.2) is 46.8 Å². The van der Waals surface area contributed by atoms with Gasteiger partial charge < -0.3 is 10.6 Å². The van der Waals surface area contributed by atoms with E-state index >= 15 is 0 Å². The van der Waals surface area contributed by atoms with Gasteiger partial charge in [0.05, 0.1) is 33.8 Å². The van der Waals surface area contributed by atoms with Gasteiger partial charge in [-0.15, -0.1) is 15.2 Å². The molecule has 46 heavy (non-hydrogen) atoms. The topological polar surface area (TPSA) is 101 Å². The van der Waals surface area contributed by atoms with Gasteiger partial charge in [0, 0.05) is 18.3 Å². The number of amides is 2. The second kappa shape index (κ2) is 12.5. The van der Waals surface area contributed by atoms with Gasteiger partial charge in [0.25, 0.3) is 0 Å². The van der Waals surface area contributed by atoms with Crippen LogP contribution in [0.1, 0.15) is 43.1 Å². The summed E-state index contributed by atoms with van der Waals surface area (Å²) in [6.07, 6.45) is -3.76. The number of nitrogens with one attached hydrogen (secondary N) is 2. The van der Waals surface area contributed by atoms with Crippen LogP contribution >= 0.6 is 22.9 Å². The number of hydrogen-bond acceptors (Lipinski definition) is 7. The van der Waals surface area contributed by atoms with Gasteiger partial charge in [0.2, 0.25) is 0 Å². The zero-order valence-electron chi connectivity index (χ0n) is 24.4. The predicted molar refractivity (Wildman–Crippen MR) is 164 cm³/mol. The molecule has 2 N–H and O–H groups in total. The number of likely N-dealkylation sites (tertiary alicyclic amines) is 1. The number of rotatable bonds is 8. The Morgan fingerprint density at radius 3 is 2.41 bits per heavy atom. The number of carbonyl (C=O) groups excluding carboxylic acids is 1. The molecular weight excluding hydrogens is 673 g/mol. The summed E-state index contributed by atoms with van der Waals surface area (Å²) < 4.78 is 94.9. The first kappa shape index (κ1) is 33.7. The van der Waals surface area contributed by atoms with Gasteiger partial charge >= 0.3 is 28.2 Å². The number of quaternary nitrogens is 1. The summed E-state index contributed by atoms with van der Waals surface area (Å²) in [6.45, 7) is 1.53. The van der Waals surface area contributed by atoms with Gasteiger partial charge in [-0.2, -0.15) is 21.6 Å². The van der Waals surface area contributed by atoms with Crippen LogP contribution in [0.4, 0.5) is 32.6 Å². The van der Waals surface area contributed by atoms with Crippen molar-refractivity contribution in [3.05, 3.63) is 94.1 Å². The van der Waals surface area contributed by atoms with Crippen LogP contribution < -0.4 is 10.6 Å². The number of halogens is 6. The highest BCUT2D eigenvalue weighted by Crippen LogP contribution is 2.45. The molecule has 1 aliphatic heterocycles. The molecule has 3 atom stereocenters. The number of anilines is 1. The lowest BCUT2D eigenvalue weighted by molar-refractivity contribution is -0.738. The monoisotopic (exact) mass is 700 g/mol. The smallest absolute Gasteiger partial charge is 0.362 e. The number of sulfonamides is 1. The van der Waals surface area contributed by atoms with Crippen molar-refractivity contribution < 1.29 is 39.1 Å². The lowest BCUT2D eigenvalue weighted by Crippen LogP contribution is -2.62. The van der Waals surface area contributed by atoms with E-state index in [9.17, 15) is 35.2 Å². The van der Waals surface area contributed by atoms with Crippen molar-refractivity contribution >= 4 is 44.8 Å². The first-order valence-electron chi connectivity index (χ1n) is 13.9. The zero-order chi connectivity index (χ0) is 33.5. The average Bonchev–Trinajstić information content (AvgIpc) is 3.56. The molecule has 244 valence electrons. The van der Waals surface area contributed by atoms with Crippen LogP contribution in [-0.2, 0) is 22.7 Å². The van der Waals surface area contributed by atoms with Crippen molar-refractivity contribution in [3.8, 4) is 11.3 Å². The molecule has 4 aromatic rings. The van der Waals surface area contributed by atoms with Crippen molar-refractivity contribution in [1.29, 1.82) is 0 Å². The summed E-state index contributed by atoms with van der Waals surface area (Å²) in [6, 6.07) is 12.4. The molecule has 0 radical (unpaired) electrons. The summed E-state index contributed by atoms with van der Waals surface area (Å²) in [5.74, 6) is -3.15. The minimum absolute atomic E-state index is 0.114. The Balaban J connectivity index is 1.49. The van der Waals surface area contributed by atoms with E-state index in [2.05, 4.69) is 20.6 Å². The number of benzene rings is 1. The van der Waals surface area contributed by atoms with E-state index in [1.807, 2.05) is 6.92 Å². The number of carbonyl (C=O) groups is 1. The van der Waals surface area contributed by atoms with Crippen molar-refractivity contribution in [2.24, 2.45) is 0 Å². The van der Waals surface area contributed by atoms with Crippen LogP contribution in [0.15, 0.2) is 77.1 Å². The Bertz CT molecular complexity index is 1840. The molecule has 1 aliphatic rings. The predicted octanol–water partition coefficient (Wildman–Crippen LogP) is 7.89. The molecule has 4 heterocycles. The van der Waals surface area contributed by atoms with Crippen molar-refractivity contribution in [2.75, 3.05) is 11.9 Å². The van der Waals surface area contributed by atoms with E-state index in [-0.39, 0.29) is 32.6 Å². The SMILES string of the molecule is CC(Nc1cc(CNC(=O)[N+]2(S(=O)(=O)c3ccc(Cl)s3)CC(F)(F)C[C@H]2C)cc(-c2ccc(C(F)(F)F)cc2)n1)c1ccccn1. The molecule has 5 rings (SSSR count). The van der Waals surface area contributed by atoms with E-state index in [1.165, 1.54) is 37.3 Å². The molecule has 8 nitrogen and oxygen atoms in total. The Kier molecular flexibility index (Phi) is 9.16. The number of alkyl halides is 5. The van der Waals surface area contributed by atoms with Crippen molar-refractivity contribution in [3.63, 3.8) is 0 Å². The minimum Gasteiger partial charge on any atom is -0.362 e. The molecule has 0 bridgehead atoms. The molecule has 1 fully saturated rings. The summed E-state index contributed by atoms with van der Waals surface area (Å²) in [4.78, 5) is 22.6. The molecule has 3 aromatic heterocycles. The first-order valence-corrected chi connectivity index (χ1v) is 16.6. The second-order valence-electron chi connectivity index (χ2n) is 11.0. The summed E-state index contributed by atoms with van der Waals surface area (Å²) in [5, 5.41) is 5.71. The lowest BCUT2D eigenvalue weighted by atomic mass is 10.1. The maximum atomic E-state index is 14.7. The fraction of sp³-hybridized carbons (Fsp3) is 0.300. The van der Waals surface area contributed by atoms with Crippen LogP contribution in [0.3, 0.4) is 0 Å². The summed E-state index contributed by atoms with van der Waals surface area (Å²) >= 11 is 6.61.